The number of nitrogens with zero attached hydrogens (tertiary/aromatic N) is 6. The number of hydrogen-bond donors (Lipinski definition) is 2. The van der Waals surface area contributed by atoms with Gasteiger partial charge >= 0.3 is 0 Å². The van der Waals surface area contributed by atoms with E-state index in [1.165, 1.54) is 6.20 Å². The second-order valence-corrected chi connectivity index (χ2v) is 11.3. The fourth-order valence-electron chi connectivity index (χ4n) is 6.25. The third kappa shape index (κ3) is 5.43. The molecule has 2 aromatic rings. The van der Waals surface area contributed by atoms with Crippen molar-refractivity contribution in [2.24, 2.45) is 11.7 Å². The topological polar surface area (TPSA) is 162 Å². The Morgan fingerprint density at radius 1 is 0.881 bits per heavy atom. The summed E-state index contributed by atoms with van der Waals surface area (Å²) in [5.74, 6) is -1.57. The number of piperazine rings is 1. The summed E-state index contributed by atoms with van der Waals surface area (Å²) in [4.78, 5) is 77.6. The second-order valence-electron chi connectivity index (χ2n) is 11.3. The minimum Gasteiger partial charge on any atom is -0.372 e. The Morgan fingerprint density at radius 2 is 1.57 bits per heavy atom. The van der Waals surface area contributed by atoms with Gasteiger partial charge in [0.05, 0.1) is 6.20 Å². The molecule has 5 amide bonds. The van der Waals surface area contributed by atoms with Gasteiger partial charge < -0.3 is 15.5 Å². The van der Waals surface area contributed by atoms with Crippen LogP contribution in [0.3, 0.4) is 0 Å². The van der Waals surface area contributed by atoms with Crippen LogP contribution in [0.4, 0.5) is 11.5 Å². The van der Waals surface area contributed by atoms with E-state index in [-0.39, 0.29) is 24.2 Å². The number of carbonyl (C=O) groups excluding carboxylic acids is 5. The van der Waals surface area contributed by atoms with Crippen LogP contribution in [-0.2, 0) is 9.59 Å². The molecule has 0 spiro atoms. The van der Waals surface area contributed by atoms with E-state index >= 15 is 0 Å². The van der Waals surface area contributed by atoms with Crippen LogP contribution in [0, 0.1) is 5.92 Å². The van der Waals surface area contributed by atoms with Gasteiger partial charge in [-0.2, -0.15) is 0 Å². The predicted octanol–water partition coefficient (Wildman–Crippen LogP) is 0.405. The first-order chi connectivity index (χ1) is 20.3. The number of carbonyl (C=O) groups is 5. The van der Waals surface area contributed by atoms with Crippen molar-refractivity contribution in [2.45, 2.75) is 38.1 Å². The number of hydrogen-bond acceptors (Lipinski definition) is 10. The Hall–Kier alpha value is -4.39. The molecule has 4 aliphatic heterocycles. The molecule has 1 atom stereocenters. The summed E-state index contributed by atoms with van der Waals surface area (Å²) in [5.41, 5.74) is 6.90. The fourth-order valence-corrected chi connectivity index (χ4v) is 6.25. The molecular formula is C29H34N8O5. The van der Waals surface area contributed by atoms with E-state index in [0.29, 0.717) is 17.3 Å². The molecule has 13 nitrogen and oxygen atoms in total. The lowest BCUT2D eigenvalue weighted by Gasteiger charge is -2.37. The van der Waals surface area contributed by atoms with Gasteiger partial charge in [-0.25, -0.2) is 9.97 Å². The number of primary amides is 1. The van der Waals surface area contributed by atoms with Crippen molar-refractivity contribution in [3.63, 3.8) is 0 Å². The molecular weight excluding hydrogens is 540 g/mol. The normalized spacial score (nSPS) is 22.0. The zero-order valence-corrected chi connectivity index (χ0v) is 23.3. The molecule has 3 saturated heterocycles. The number of piperidine rings is 2. The van der Waals surface area contributed by atoms with Crippen molar-refractivity contribution in [3.8, 4) is 0 Å². The third-order valence-corrected chi connectivity index (χ3v) is 8.81. The van der Waals surface area contributed by atoms with Gasteiger partial charge in [0.1, 0.15) is 11.9 Å². The van der Waals surface area contributed by atoms with Crippen molar-refractivity contribution in [3.05, 3.63) is 47.4 Å². The average Bonchev–Trinajstić information content (AvgIpc) is 3.25. The Balaban J connectivity index is 0.977. The van der Waals surface area contributed by atoms with Gasteiger partial charge in [0.15, 0.2) is 11.4 Å². The van der Waals surface area contributed by atoms with E-state index < -0.39 is 35.6 Å². The van der Waals surface area contributed by atoms with Gasteiger partial charge in [0.25, 0.3) is 11.8 Å². The molecule has 0 radical (unpaired) electrons. The molecule has 1 unspecified atom stereocenters. The van der Waals surface area contributed by atoms with Crippen LogP contribution in [0.25, 0.3) is 0 Å². The zero-order valence-electron chi connectivity index (χ0n) is 23.3. The maximum Gasteiger partial charge on any atom is 0.282 e. The first-order valence-electron chi connectivity index (χ1n) is 14.5. The maximum atomic E-state index is 13.1. The van der Waals surface area contributed by atoms with Crippen molar-refractivity contribution in [1.29, 1.82) is 0 Å². The third-order valence-electron chi connectivity index (χ3n) is 8.81. The smallest absolute Gasteiger partial charge is 0.282 e. The second kappa shape index (κ2) is 11.5. The lowest BCUT2D eigenvalue weighted by molar-refractivity contribution is -0.136. The number of rotatable bonds is 7. The number of nitrogens with one attached hydrogen (secondary N) is 1. The molecule has 3 N–H and O–H groups in total. The van der Waals surface area contributed by atoms with Crippen LogP contribution in [0.2, 0.25) is 0 Å². The Kier molecular flexibility index (Phi) is 7.58. The lowest BCUT2D eigenvalue weighted by Crippen LogP contribution is -2.54. The number of nitrogens with two attached hydrogens (primary N) is 1. The molecule has 5 heterocycles. The highest BCUT2D eigenvalue weighted by Gasteiger charge is 2.46. The first kappa shape index (κ1) is 27.8. The van der Waals surface area contributed by atoms with Gasteiger partial charge in [0.2, 0.25) is 17.7 Å². The Morgan fingerprint density at radius 3 is 2.24 bits per heavy atom. The molecule has 220 valence electrons. The largest absolute Gasteiger partial charge is 0.372 e. The molecule has 0 saturated carbocycles. The van der Waals surface area contributed by atoms with E-state index in [0.717, 1.165) is 75.7 Å². The number of anilines is 2. The van der Waals surface area contributed by atoms with Gasteiger partial charge in [-0.05, 0) is 62.4 Å². The SMILES string of the molecule is NC(=O)c1ccc(N2CCC(CCN3CCN(c4cnc5c(n4)C(=O)N(C4CCC(=O)NC4=O)C5=O)CC3)CC2)cc1. The predicted molar refractivity (Wildman–Crippen MR) is 152 cm³/mol. The highest BCUT2D eigenvalue weighted by atomic mass is 16.2. The summed E-state index contributed by atoms with van der Waals surface area (Å²) < 4.78 is 0. The van der Waals surface area contributed by atoms with E-state index in [9.17, 15) is 24.0 Å². The van der Waals surface area contributed by atoms with Crippen LogP contribution in [0.15, 0.2) is 30.5 Å². The van der Waals surface area contributed by atoms with Gasteiger partial charge in [-0.3, -0.25) is 39.1 Å². The lowest BCUT2D eigenvalue weighted by atomic mass is 9.93. The van der Waals surface area contributed by atoms with E-state index in [4.69, 9.17) is 5.73 Å². The summed E-state index contributed by atoms with van der Waals surface area (Å²) in [5, 5.41) is 2.19. The highest BCUT2D eigenvalue weighted by Crippen LogP contribution is 2.28. The standard InChI is InChI=1S/C29H34N8O5/c30-26(39)19-1-3-20(4-2-19)35-11-8-18(9-12-35)7-10-34-13-15-36(16-14-34)22-17-31-24-25(32-22)29(42)37(28(24)41)21-5-6-23(38)33-27(21)40/h1-4,17-18,21H,5-16H2,(H2,30,39)(H,33,38,40). The number of imide groups is 2. The van der Waals surface area contributed by atoms with Crippen LogP contribution >= 0.6 is 0 Å². The number of fused-ring (bicyclic) bond motifs is 1. The van der Waals surface area contributed by atoms with E-state index in [2.05, 4.69) is 30.0 Å². The zero-order chi connectivity index (χ0) is 29.4. The van der Waals surface area contributed by atoms with Gasteiger partial charge in [0, 0.05) is 56.9 Å². The first-order valence-corrected chi connectivity index (χ1v) is 14.5. The van der Waals surface area contributed by atoms with E-state index in [1.54, 1.807) is 12.1 Å². The molecule has 3 fully saturated rings. The number of benzene rings is 1. The quantitative estimate of drug-likeness (QED) is 0.443. The average molecular weight is 575 g/mol. The maximum absolute atomic E-state index is 13.1. The molecule has 1 aromatic carbocycles. The van der Waals surface area contributed by atoms with Crippen molar-refractivity contribution in [1.82, 2.24) is 25.1 Å². The van der Waals surface area contributed by atoms with Crippen LogP contribution < -0.4 is 20.9 Å². The summed E-state index contributed by atoms with van der Waals surface area (Å²) in [6.45, 7) is 6.19. The van der Waals surface area contributed by atoms with Crippen LogP contribution in [-0.4, -0.2) is 101 Å². The Labute approximate surface area is 243 Å². The Bertz CT molecular complexity index is 1410. The minimum absolute atomic E-state index is 0.0419. The summed E-state index contributed by atoms with van der Waals surface area (Å²) in [7, 11) is 0. The molecule has 4 aliphatic rings. The van der Waals surface area contributed by atoms with Crippen LogP contribution in [0.5, 0.6) is 0 Å². The highest BCUT2D eigenvalue weighted by molar-refractivity contribution is 6.21. The molecule has 0 aliphatic carbocycles. The molecule has 6 rings (SSSR count). The molecule has 13 heteroatoms. The summed E-state index contributed by atoms with van der Waals surface area (Å²) in [6, 6.07) is 6.46. The van der Waals surface area contributed by atoms with Crippen LogP contribution in [0.1, 0.15) is 63.4 Å². The molecule has 0 bridgehead atoms. The molecule has 1 aromatic heterocycles. The van der Waals surface area contributed by atoms with Gasteiger partial charge in [-0.15, -0.1) is 0 Å². The van der Waals surface area contributed by atoms with Crippen molar-refractivity contribution >= 4 is 41.0 Å². The van der Waals surface area contributed by atoms with E-state index in [1.807, 2.05) is 12.1 Å². The summed E-state index contributed by atoms with van der Waals surface area (Å²) >= 11 is 0. The molecule has 42 heavy (non-hydrogen) atoms. The fraction of sp³-hybridized carbons (Fsp3) is 0.483. The minimum atomic E-state index is -1.03. The van der Waals surface area contributed by atoms with Crippen molar-refractivity contribution in [2.75, 3.05) is 55.6 Å². The van der Waals surface area contributed by atoms with Gasteiger partial charge in [-0.1, -0.05) is 0 Å². The van der Waals surface area contributed by atoms with Crippen molar-refractivity contribution < 1.29 is 24.0 Å². The summed E-state index contributed by atoms with van der Waals surface area (Å²) in [6.07, 6.45) is 5.07. The number of aromatic nitrogens is 2. The number of amides is 5. The monoisotopic (exact) mass is 574 g/mol.